The lowest BCUT2D eigenvalue weighted by Crippen LogP contribution is -2.38. The standard InChI is InChI=1S/C15H25BrN2O/c1-6-18(10-15(3,4)19)14-8-7-12(9-13(14)16)11(2)17-5/h7-9,11,17,19H,6,10H2,1-5H3. The number of aliphatic hydroxyl groups is 1. The van der Waals surface area contributed by atoms with Gasteiger partial charge in [0.05, 0.1) is 11.3 Å². The summed E-state index contributed by atoms with van der Waals surface area (Å²) in [6.45, 7) is 9.38. The fourth-order valence-corrected chi connectivity index (χ4v) is 2.70. The SMILES string of the molecule is CCN(CC(C)(C)O)c1ccc(C(C)NC)cc1Br. The Hall–Kier alpha value is -0.580. The minimum absolute atomic E-state index is 0.328. The number of hydrogen-bond donors (Lipinski definition) is 2. The van der Waals surface area contributed by atoms with Crippen LogP contribution in [0.15, 0.2) is 22.7 Å². The van der Waals surface area contributed by atoms with Crippen LogP contribution in [0.5, 0.6) is 0 Å². The van der Waals surface area contributed by atoms with Crippen LogP contribution in [0.25, 0.3) is 0 Å². The van der Waals surface area contributed by atoms with Crippen LogP contribution in [0, 0.1) is 0 Å². The molecule has 0 amide bonds. The van der Waals surface area contributed by atoms with E-state index in [1.54, 1.807) is 0 Å². The second kappa shape index (κ2) is 6.73. The highest BCUT2D eigenvalue weighted by Crippen LogP contribution is 2.30. The molecule has 0 bridgehead atoms. The van der Waals surface area contributed by atoms with Gasteiger partial charge in [-0.3, -0.25) is 0 Å². The molecule has 0 spiro atoms. The van der Waals surface area contributed by atoms with Crippen molar-refractivity contribution in [2.45, 2.75) is 39.3 Å². The largest absolute Gasteiger partial charge is 0.389 e. The van der Waals surface area contributed by atoms with Gasteiger partial charge < -0.3 is 15.3 Å². The van der Waals surface area contributed by atoms with Crippen LogP contribution in [-0.4, -0.2) is 30.8 Å². The van der Waals surface area contributed by atoms with Crippen LogP contribution in [0.2, 0.25) is 0 Å². The lowest BCUT2D eigenvalue weighted by Gasteiger charge is -2.31. The average Bonchev–Trinajstić information content (AvgIpc) is 2.34. The predicted molar refractivity (Wildman–Crippen MR) is 85.8 cm³/mol. The van der Waals surface area contributed by atoms with E-state index in [1.165, 1.54) is 5.56 Å². The summed E-state index contributed by atoms with van der Waals surface area (Å²) in [4.78, 5) is 2.18. The molecule has 108 valence electrons. The van der Waals surface area contributed by atoms with Gasteiger partial charge in [-0.2, -0.15) is 0 Å². The lowest BCUT2D eigenvalue weighted by atomic mass is 10.1. The lowest BCUT2D eigenvalue weighted by molar-refractivity contribution is 0.0875. The van der Waals surface area contributed by atoms with Gasteiger partial charge in [0.2, 0.25) is 0 Å². The van der Waals surface area contributed by atoms with Gasteiger partial charge in [-0.25, -0.2) is 0 Å². The molecule has 1 aromatic carbocycles. The highest BCUT2D eigenvalue weighted by atomic mass is 79.9. The van der Waals surface area contributed by atoms with Crippen molar-refractivity contribution in [2.24, 2.45) is 0 Å². The molecule has 1 aromatic rings. The van der Waals surface area contributed by atoms with Crippen LogP contribution in [0.3, 0.4) is 0 Å². The Balaban J connectivity index is 3.00. The summed E-state index contributed by atoms with van der Waals surface area (Å²) < 4.78 is 1.07. The minimum atomic E-state index is -0.702. The van der Waals surface area contributed by atoms with Gasteiger partial charge in [0.25, 0.3) is 0 Å². The number of benzene rings is 1. The maximum atomic E-state index is 9.99. The molecular formula is C15H25BrN2O. The summed E-state index contributed by atoms with van der Waals surface area (Å²) in [5.74, 6) is 0. The zero-order valence-corrected chi connectivity index (χ0v) is 14.1. The van der Waals surface area contributed by atoms with Gasteiger partial charge in [0, 0.05) is 23.6 Å². The summed E-state index contributed by atoms with van der Waals surface area (Å²) in [6.07, 6.45) is 0. The highest BCUT2D eigenvalue weighted by Gasteiger charge is 2.19. The van der Waals surface area contributed by atoms with E-state index in [9.17, 15) is 5.11 Å². The van der Waals surface area contributed by atoms with E-state index in [2.05, 4.69) is 58.2 Å². The molecule has 0 fully saturated rings. The van der Waals surface area contributed by atoms with Crippen LogP contribution in [0.1, 0.15) is 39.3 Å². The number of anilines is 1. The second-order valence-electron chi connectivity index (χ2n) is 5.55. The molecule has 1 atom stereocenters. The van der Waals surface area contributed by atoms with E-state index in [4.69, 9.17) is 0 Å². The van der Waals surface area contributed by atoms with Crippen molar-refractivity contribution in [3.63, 3.8) is 0 Å². The Kier molecular flexibility index (Phi) is 5.83. The summed E-state index contributed by atoms with van der Waals surface area (Å²) in [5, 5.41) is 13.2. The molecule has 0 aliphatic heterocycles. The average molecular weight is 329 g/mol. The first-order valence-electron chi connectivity index (χ1n) is 6.72. The first-order chi connectivity index (χ1) is 8.78. The van der Waals surface area contributed by atoms with Crippen molar-refractivity contribution in [3.05, 3.63) is 28.2 Å². The minimum Gasteiger partial charge on any atom is -0.389 e. The molecule has 19 heavy (non-hydrogen) atoms. The zero-order valence-electron chi connectivity index (χ0n) is 12.5. The van der Waals surface area contributed by atoms with E-state index in [0.29, 0.717) is 12.6 Å². The summed E-state index contributed by atoms with van der Waals surface area (Å²) in [5.41, 5.74) is 1.67. The van der Waals surface area contributed by atoms with Crippen molar-refractivity contribution in [2.75, 3.05) is 25.0 Å². The summed E-state index contributed by atoms with van der Waals surface area (Å²) in [7, 11) is 1.96. The van der Waals surface area contributed by atoms with Crippen molar-refractivity contribution < 1.29 is 5.11 Å². The Morgan fingerprint density at radius 2 is 2.05 bits per heavy atom. The molecule has 0 saturated heterocycles. The van der Waals surface area contributed by atoms with Gasteiger partial charge >= 0.3 is 0 Å². The van der Waals surface area contributed by atoms with Crippen LogP contribution < -0.4 is 10.2 Å². The Bertz CT molecular complexity index is 415. The monoisotopic (exact) mass is 328 g/mol. The topological polar surface area (TPSA) is 35.5 Å². The third-order valence-electron chi connectivity index (χ3n) is 3.20. The second-order valence-corrected chi connectivity index (χ2v) is 6.40. The van der Waals surface area contributed by atoms with Crippen LogP contribution in [-0.2, 0) is 0 Å². The summed E-state index contributed by atoms with van der Waals surface area (Å²) in [6, 6.07) is 6.72. The van der Waals surface area contributed by atoms with Gasteiger partial charge in [-0.05, 0) is 68.4 Å². The smallest absolute Gasteiger partial charge is 0.0765 e. The predicted octanol–water partition coefficient (Wildman–Crippen LogP) is 3.33. The van der Waals surface area contributed by atoms with E-state index in [1.807, 2.05) is 20.9 Å². The van der Waals surface area contributed by atoms with E-state index in [-0.39, 0.29) is 0 Å². The quantitative estimate of drug-likeness (QED) is 0.840. The maximum absolute atomic E-state index is 9.99. The van der Waals surface area contributed by atoms with E-state index < -0.39 is 5.60 Å². The highest BCUT2D eigenvalue weighted by molar-refractivity contribution is 9.10. The third-order valence-corrected chi connectivity index (χ3v) is 3.84. The van der Waals surface area contributed by atoms with Crippen LogP contribution >= 0.6 is 15.9 Å². The van der Waals surface area contributed by atoms with E-state index in [0.717, 1.165) is 16.7 Å². The zero-order chi connectivity index (χ0) is 14.6. The number of hydrogen-bond acceptors (Lipinski definition) is 3. The van der Waals surface area contributed by atoms with Crippen molar-refractivity contribution in [1.29, 1.82) is 0 Å². The number of nitrogens with one attached hydrogen (secondary N) is 1. The van der Waals surface area contributed by atoms with Crippen LogP contribution in [0.4, 0.5) is 5.69 Å². The van der Waals surface area contributed by atoms with Gasteiger partial charge in [-0.15, -0.1) is 0 Å². The molecule has 3 nitrogen and oxygen atoms in total. The number of likely N-dealkylation sites (N-methyl/N-ethyl adjacent to an activating group) is 1. The molecule has 0 radical (unpaired) electrons. The van der Waals surface area contributed by atoms with Gasteiger partial charge in [0.1, 0.15) is 0 Å². The summed E-state index contributed by atoms with van der Waals surface area (Å²) >= 11 is 3.64. The number of rotatable bonds is 6. The molecule has 0 heterocycles. The van der Waals surface area contributed by atoms with Gasteiger partial charge in [-0.1, -0.05) is 6.07 Å². The van der Waals surface area contributed by atoms with Gasteiger partial charge in [0.15, 0.2) is 0 Å². The molecule has 1 rings (SSSR count). The van der Waals surface area contributed by atoms with Crippen molar-refractivity contribution in [1.82, 2.24) is 5.32 Å². The molecule has 0 aliphatic rings. The van der Waals surface area contributed by atoms with E-state index >= 15 is 0 Å². The fraction of sp³-hybridized carbons (Fsp3) is 0.600. The first kappa shape index (κ1) is 16.5. The molecule has 4 heteroatoms. The van der Waals surface area contributed by atoms with Crippen molar-refractivity contribution >= 4 is 21.6 Å². The van der Waals surface area contributed by atoms with Crippen molar-refractivity contribution in [3.8, 4) is 0 Å². The number of halogens is 1. The molecule has 1 unspecified atom stereocenters. The molecular weight excluding hydrogens is 304 g/mol. The molecule has 2 N–H and O–H groups in total. The normalized spacial score (nSPS) is 13.4. The Morgan fingerprint density at radius 3 is 2.47 bits per heavy atom. The maximum Gasteiger partial charge on any atom is 0.0765 e. The Labute approximate surface area is 125 Å². The fourth-order valence-electron chi connectivity index (χ4n) is 2.05. The molecule has 0 saturated carbocycles. The molecule has 0 aliphatic carbocycles. The first-order valence-corrected chi connectivity index (χ1v) is 7.52. The Morgan fingerprint density at radius 1 is 1.42 bits per heavy atom. The number of nitrogens with zero attached hydrogens (tertiary/aromatic N) is 1. The third kappa shape index (κ3) is 4.79. The molecule has 0 aromatic heterocycles.